The third-order valence-electron chi connectivity index (χ3n) is 2.85. The van der Waals surface area contributed by atoms with Gasteiger partial charge in [-0.2, -0.15) is 0 Å². The van der Waals surface area contributed by atoms with Gasteiger partial charge in [0.05, 0.1) is 11.5 Å². The summed E-state index contributed by atoms with van der Waals surface area (Å²) in [6.45, 7) is 2.15. The Hall–Kier alpha value is -1.05. The van der Waals surface area contributed by atoms with E-state index < -0.39 is 9.84 Å². The minimum absolute atomic E-state index is 0.243. The Balaban J connectivity index is 2.50. The number of nitrogens with one attached hydrogen (secondary N) is 1. The van der Waals surface area contributed by atoms with Crippen LogP contribution in [0, 0.1) is 0 Å². The molecule has 21 heavy (non-hydrogen) atoms. The van der Waals surface area contributed by atoms with Gasteiger partial charge in [0, 0.05) is 16.9 Å². The lowest BCUT2D eigenvalue weighted by molar-refractivity contribution is -0.145. The second-order valence-corrected chi connectivity index (χ2v) is 7.66. The van der Waals surface area contributed by atoms with Gasteiger partial charge in [-0.15, -0.1) is 11.8 Å². The molecule has 0 fully saturated rings. The lowest BCUT2D eigenvalue weighted by Gasteiger charge is -2.14. The van der Waals surface area contributed by atoms with Gasteiger partial charge in [0.2, 0.25) is 0 Å². The third-order valence-corrected chi connectivity index (χ3v) is 5.02. The number of rotatable bonds is 8. The summed E-state index contributed by atoms with van der Waals surface area (Å²) in [6, 6.07) is 6.43. The van der Waals surface area contributed by atoms with E-state index in [0.717, 1.165) is 10.6 Å². The summed E-state index contributed by atoms with van der Waals surface area (Å²) in [5.41, 5.74) is 0. The maximum Gasteiger partial charge on any atom is 0.323 e. The summed E-state index contributed by atoms with van der Waals surface area (Å²) < 4.78 is 27.7. The molecule has 5 nitrogen and oxygen atoms in total. The molecule has 0 spiro atoms. The van der Waals surface area contributed by atoms with Crippen molar-refractivity contribution < 1.29 is 17.9 Å². The van der Waals surface area contributed by atoms with E-state index in [4.69, 9.17) is 4.74 Å². The summed E-state index contributed by atoms with van der Waals surface area (Å²) in [5.74, 6) is 0.496. The smallest absolute Gasteiger partial charge is 0.323 e. The maximum atomic E-state index is 11.6. The third kappa shape index (κ3) is 6.07. The standard InChI is InChI=1S/C14H21NO4S2/c1-4-19-14(16)13(15-2)9-10-20-11-5-7-12(8-6-11)21(3,17)18/h5-8,13,15H,4,9-10H2,1-3H3. The van der Waals surface area contributed by atoms with Crippen LogP contribution in [0.25, 0.3) is 0 Å². The lowest BCUT2D eigenvalue weighted by atomic mass is 10.2. The number of hydrogen-bond acceptors (Lipinski definition) is 6. The van der Waals surface area contributed by atoms with Crippen molar-refractivity contribution in [3.63, 3.8) is 0 Å². The van der Waals surface area contributed by atoms with Crippen molar-refractivity contribution in [2.45, 2.75) is 29.2 Å². The van der Waals surface area contributed by atoms with E-state index >= 15 is 0 Å². The van der Waals surface area contributed by atoms with E-state index in [0.29, 0.717) is 17.9 Å². The number of hydrogen-bond donors (Lipinski definition) is 1. The summed E-state index contributed by atoms with van der Waals surface area (Å²) in [5, 5.41) is 2.93. The molecule has 0 saturated carbocycles. The van der Waals surface area contributed by atoms with Crippen molar-refractivity contribution in [3.8, 4) is 0 Å². The molecule has 7 heteroatoms. The van der Waals surface area contributed by atoms with E-state index in [-0.39, 0.29) is 12.0 Å². The monoisotopic (exact) mass is 331 g/mol. The summed E-state index contributed by atoms with van der Waals surface area (Å²) in [6.07, 6.45) is 1.83. The zero-order chi connectivity index (χ0) is 15.9. The van der Waals surface area contributed by atoms with Gasteiger partial charge in [-0.3, -0.25) is 4.79 Å². The molecule has 0 amide bonds. The highest BCUT2D eigenvalue weighted by atomic mass is 32.2. The topological polar surface area (TPSA) is 72.5 Å². The Labute approximate surface area is 130 Å². The fourth-order valence-electron chi connectivity index (χ4n) is 1.70. The first kappa shape index (κ1) is 18.0. The molecule has 0 heterocycles. The molecule has 1 aromatic carbocycles. The van der Waals surface area contributed by atoms with Crippen molar-refractivity contribution in [2.24, 2.45) is 0 Å². The predicted molar refractivity (Wildman–Crippen MR) is 84.4 cm³/mol. The largest absolute Gasteiger partial charge is 0.465 e. The first-order valence-electron chi connectivity index (χ1n) is 6.65. The molecule has 1 N–H and O–H groups in total. The van der Waals surface area contributed by atoms with E-state index in [1.165, 1.54) is 6.26 Å². The SMILES string of the molecule is CCOC(=O)C(CCSc1ccc(S(C)(=O)=O)cc1)NC. The maximum absolute atomic E-state index is 11.6. The molecule has 1 rings (SSSR count). The number of carbonyl (C=O) groups is 1. The summed E-state index contributed by atoms with van der Waals surface area (Å²) in [4.78, 5) is 12.9. The predicted octanol–water partition coefficient (Wildman–Crippen LogP) is 1.72. The zero-order valence-electron chi connectivity index (χ0n) is 12.5. The second-order valence-electron chi connectivity index (χ2n) is 4.47. The molecule has 1 unspecified atom stereocenters. The van der Waals surface area contributed by atoms with E-state index in [1.54, 1.807) is 50.0 Å². The van der Waals surface area contributed by atoms with Crippen molar-refractivity contribution >= 4 is 27.6 Å². The van der Waals surface area contributed by atoms with Crippen LogP contribution in [0.1, 0.15) is 13.3 Å². The zero-order valence-corrected chi connectivity index (χ0v) is 14.1. The van der Waals surface area contributed by atoms with E-state index in [2.05, 4.69) is 5.32 Å². The van der Waals surface area contributed by atoms with Crippen LogP contribution in [0.2, 0.25) is 0 Å². The van der Waals surface area contributed by atoms with E-state index in [1.807, 2.05) is 0 Å². The molecule has 1 aromatic rings. The Kier molecular flexibility index (Phi) is 7.21. The molecule has 0 bridgehead atoms. The highest BCUT2D eigenvalue weighted by Crippen LogP contribution is 2.21. The van der Waals surface area contributed by atoms with Crippen LogP contribution in [0.4, 0.5) is 0 Å². The first-order valence-corrected chi connectivity index (χ1v) is 9.53. The Morgan fingerprint density at radius 2 is 1.95 bits per heavy atom. The Morgan fingerprint density at radius 3 is 2.43 bits per heavy atom. The molecule has 118 valence electrons. The van der Waals surface area contributed by atoms with Crippen LogP contribution < -0.4 is 5.32 Å². The highest BCUT2D eigenvalue weighted by molar-refractivity contribution is 7.99. The van der Waals surface area contributed by atoms with Gasteiger partial charge in [0.1, 0.15) is 6.04 Å². The number of sulfone groups is 1. The number of carbonyl (C=O) groups excluding carboxylic acids is 1. The molecular formula is C14H21NO4S2. The van der Waals surface area contributed by atoms with Gasteiger partial charge in [-0.05, 0) is 44.7 Å². The van der Waals surface area contributed by atoms with Gasteiger partial charge in [0.15, 0.2) is 9.84 Å². The average Bonchev–Trinajstić information content (AvgIpc) is 2.43. The first-order chi connectivity index (χ1) is 9.88. The summed E-state index contributed by atoms with van der Waals surface area (Å²) in [7, 11) is -1.43. The lowest BCUT2D eigenvalue weighted by Crippen LogP contribution is -2.36. The number of benzene rings is 1. The van der Waals surface area contributed by atoms with Gasteiger partial charge < -0.3 is 10.1 Å². The molecular weight excluding hydrogens is 310 g/mol. The summed E-state index contributed by atoms with van der Waals surface area (Å²) >= 11 is 1.58. The number of ether oxygens (including phenoxy) is 1. The van der Waals surface area contributed by atoms with Crippen LogP contribution in [-0.2, 0) is 19.4 Å². The quantitative estimate of drug-likeness (QED) is 0.578. The molecule has 0 aliphatic rings. The van der Waals surface area contributed by atoms with Crippen LogP contribution in [0.5, 0.6) is 0 Å². The normalized spacial score (nSPS) is 12.9. The van der Waals surface area contributed by atoms with Crippen LogP contribution >= 0.6 is 11.8 Å². The Bertz CT molecular complexity index is 555. The van der Waals surface area contributed by atoms with Gasteiger partial charge >= 0.3 is 5.97 Å². The second kappa shape index (κ2) is 8.41. The fraction of sp³-hybridized carbons (Fsp3) is 0.500. The molecule has 0 aliphatic heterocycles. The fourth-order valence-corrected chi connectivity index (χ4v) is 3.25. The molecule has 0 radical (unpaired) electrons. The van der Waals surface area contributed by atoms with Crippen LogP contribution in [-0.4, -0.2) is 46.1 Å². The van der Waals surface area contributed by atoms with E-state index in [9.17, 15) is 13.2 Å². The average molecular weight is 331 g/mol. The van der Waals surface area contributed by atoms with Crippen molar-refractivity contribution in [1.29, 1.82) is 0 Å². The molecule has 0 aromatic heterocycles. The van der Waals surface area contributed by atoms with Gasteiger partial charge in [0.25, 0.3) is 0 Å². The number of likely N-dealkylation sites (N-methyl/N-ethyl adjacent to an activating group) is 1. The molecule has 0 aliphatic carbocycles. The molecule has 1 atom stereocenters. The minimum Gasteiger partial charge on any atom is -0.465 e. The number of thioether (sulfide) groups is 1. The Morgan fingerprint density at radius 1 is 1.33 bits per heavy atom. The van der Waals surface area contributed by atoms with Gasteiger partial charge in [-0.25, -0.2) is 8.42 Å². The highest BCUT2D eigenvalue weighted by Gasteiger charge is 2.17. The van der Waals surface area contributed by atoms with Crippen molar-refractivity contribution in [2.75, 3.05) is 25.7 Å². The van der Waals surface area contributed by atoms with Crippen molar-refractivity contribution in [3.05, 3.63) is 24.3 Å². The molecule has 0 saturated heterocycles. The van der Waals surface area contributed by atoms with Crippen LogP contribution in [0.3, 0.4) is 0 Å². The van der Waals surface area contributed by atoms with Crippen molar-refractivity contribution in [1.82, 2.24) is 5.32 Å². The minimum atomic E-state index is -3.16. The van der Waals surface area contributed by atoms with Gasteiger partial charge in [-0.1, -0.05) is 0 Å². The van der Waals surface area contributed by atoms with Crippen LogP contribution in [0.15, 0.2) is 34.1 Å². The number of esters is 1.